The van der Waals surface area contributed by atoms with Crippen molar-refractivity contribution in [2.75, 3.05) is 0 Å². The number of hydrogen-bond donors (Lipinski definition) is 0. The number of aldehydes is 1. The van der Waals surface area contributed by atoms with Gasteiger partial charge in [-0.05, 0) is 69.9 Å². The van der Waals surface area contributed by atoms with Crippen LogP contribution in [0.5, 0.6) is 0 Å². The highest BCUT2D eigenvalue weighted by molar-refractivity contribution is 5.66. The van der Waals surface area contributed by atoms with Crippen molar-refractivity contribution < 1.29 is 4.79 Å². The lowest BCUT2D eigenvalue weighted by Crippen LogP contribution is -2.20. The van der Waals surface area contributed by atoms with Gasteiger partial charge in [0.05, 0.1) is 0 Å². The first-order valence-electron chi connectivity index (χ1n) is 8.02. The maximum atomic E-state index is 10.4. The molecule has 0 aliphatic heterocycles. The van der Waals surface area contributed by atoms with Crippen LogP contribution in [0.4, 0.5) is 0 Å². The minimum atomic E-state index is 0.377. The van der Waals surface area contributed by atoms with E-state index < -0.39 is 0 Å². The first-order chi connectivity index (χ1) is 9.86. The molecule has 0 saturated carbocycles. The van der Waals surface area contributed by atoms with Crippen LogP contribution in [0.15, 0.2) is 46.6 Å². The third-order valence-corrected chi connectivity index (χ3v) is 4.53. The standard InChI is InChI=1S/C20H30O/c1-16(8-6-9-17(2)13-15-21)11-12-19-18(3)10-7-14-20(19,4)5/h6,8-9,13,15H,7,10-12,14H2,1-5H3/b9-6+,16-8+,17-13-. The molecular weight excluding hydrogens is 256 g/mol. The lowest BCUT2D eigenvalue weighted by atomic mass is 9.71. The molecule has 1 nitrogen and oxygen atoms in total. The van der Waals surface area contributed by atoms with Gasteiger partial charge in [-0.2, -0.15) is 0 Å². The Hall–Kier alpha value is -1.37. The molecule has 116 valence electrons. The summed E-state index contributed by atoms with van der Waals surface area (Å²) in [6.45, 7) is 11.2. The Bertz CT molecular complexity index is 484. The highest BCUT2D eigenvalue weighted by Gasteiger charge is 2.27. The van der Waals surface area contributed by atoms with Crippen molar-refractivity contribution in [1.82, 2.24) is 0 Å². The van der Waals surface area contributed by atoms with Crippen molar-refractivity contribution >= 4 is 6.29 Å². The molecule has 0 fully saturated rings. The molecule has 0 unspecified atom stereocenters. The average Bonchev–Trinajstić information content (AvgIpc) is 2.37. The van der Waals surface area contributed by atoms with Crippen LogP contribution in [0.25, 0.3) is 0 Å². The van der Waals surface area contributed by atoms with Gasteiger partial charge >= 0.3 is 0 Å². The molecule has 0 atom stereocenters. The molecule has 1 rings (SSSR count). The Balaban J connectivity index is 2.62. The van der Waals surface area contributed by atoms with E-state index in [1.807, 2.05) is 19.1 Å². The van der Waals surface area contributed by atoms with E-state index >= 15 is 0 Å². The molecule has 0 N–H and O–H groups in total. The lowest BCUT2D eigenvalue weighted by molar-refractivity contribution is -0.104. The first-order valence-corrected chi connectivity index (χ1v) is 8.02. The summed E-state index contributed by atoms with van der Waals surface area (Å²) >= 11 is 0. The molecule has 0 spiro atoms. The van der Waals surface area contributed by atoms with Crippen molar-refractivity contribution in [2.45, 2.75) is 66.7 Å². The Kier molecular flexibility index (Phi) is 6.87. The van der Waals surface area contributed by atoms with Gasteiger partial charge in [-0.3, -0.25) is 4.79 Å². The zero-order valence-corrected chi connectivity index (χ0v) is 14.3. The summed E-state index contributed by atoms with van der Waals surface area (Å²) in [6, 6.07) is 0. The SMILES string of the molecule is CC1=C(CC/C(C)=C/C=C/C(C)=C\C=O)C(C)(C)CCC1. The second kappa shape index (κ2) is 8.17. The molecule has 1 aliphatic rings. The van der Waals surface area contributed by atoms with Crippen LogP contribution in [-0.4, -0.2) is 6.29 Å². The smallest absolute Gasteiger partial charge is 0.143 e. The first kappa shape index (κ1) is 17.7. The van der Waals surface area contributed by atoms with Crippen LogP contribution in [0.3, 0.4) is 0 Å². The molecule has 0 aromatic heterocycles. The Morgan fingerprint density at radius 3 is 2.57 bits per heavy atom. The summed E-state index contributed by atoms with van der Waals surface area (Å²) in [4.78, 5) is 10.4. The van der Waals surface area contributed by atoms with Gasteiger partial charge in [0.25, 0.3) is 0 Å². The average molecular weight is 286 g/mol. The van der Waals surface area contributed by atoms with Crippen LogP contribution in [0, 0.1) is 5.41 Å². The number of carbonyl (C=O) groups is 1. The monoisotopic (exact) mass is 286 g/mol. The minimum Gasteiger partial charge on any atom is -0.299 e. The number of hydrogen-bond acceptors (Lipinski definition) is 1. The molecule has 0 aromatic rings. The molecule has 0 saturated heterocycles. The normalized spacial score (nSPS) is 20.2. The van der Waals surface area contributed by atoms with Gasteiger partial charge in [0.15, 0.2) is 0 Å². The molecule has 0 aromatic carbocycles. The molecule has 1 aliphatic carbocycles. The highest BCUT2D eigenvalue weighted by Crippen LogP contribution is 2.42. The Morgan fingerprint density at radius 2 is 1.95 bits per heavy atom. The molecular formula is C20H30O. The summed E-state index contributed by atoms with van der Waals surface area (Å²) in [6.07, 6.45) is 14.8. The minimum absolute atomic E-state index is 0.377. The van der Waals surface area contributed by atoms with E-state index in [0.717, 1.165) is 18.3 Å². The topological polar surface area (TPSA) is 17.1 Å². The fourth-order valence-electron chi connectivity index (χ4n) is 3.16. The maximum absolute atomic E-state index is 10.4. The van der Waals surface area contributed by atoms with Crippen LogP contribution < -0.4 is 0 Å². The number of rotatable bonds is 6. The van der Waals surface area contributed by atoms with E-state index in [4.69, 9.17) is 0 Å². The molecule has 0 bridgehead atoms. The van der Waals surface area contributed by atoms with Crippen molar-refractivity contribution in [2.24, 2.45) is 5.41 Å². The largest absolute Gasteiger partial charge is 0.299 e. The fourth-order valence-corrected chi connectivity index (χ4v) is 3.16. The van der Waals surface area contributed by atoms with Gasteiger partial charge in [0.2, 0.25) is 0 Å². The van der Waals surface area contributed by atoms with Crippen molar-refractivity contribution in [3.8, 4) is 0 Å². The van der Waals surface area contributed by atoms with Crippen LogP contribution in [0.2, 0.25) is 0 Å². The summed E-state index contributed by atoms with van der Waals surface area (Å²) in [5, 5.41) is 0. The van der Waals surface area contributed by atoms with E-state index in [2.05, 4.69) is 33.8 Å². The highest BCUT2D eigenvalue weighted by atomic mass is 16.1. The van der Waals surface area contributed by atoms with E-state index in [0.29, 0.717) is 5.41 Å². The number of carbonyl (C=O) groups excluding carboxylic acids is 1. The quantitative estimate of drug-likeness (QED) is 0.255. The predicted octanol–water partition coefficient (Wildman–Crippen LogP) is 5.94. The summed E-state index contributed by atoms with van der Waals surface area (Å²) in [7, 11) is 0. The fraction of sp³-hybridized carbons (Fsp3) is 0.550. The van der Waals surface area contributed by atoms with Crippen molar-refractivity contribution in [1.29, 1.82) is 0 Å². The zero-order chi connectivity index (χ0) is 15.9. The van der Waals surface area contributed by atoms with Crippen molar-refractivity contribution in [3.63, 3.8) is 0 Å². The second-order valence-corrected chi connectivity index (χ2v) is 6.92. The summed E-state index contributed by atoms with van der Waals surface area (Å²) in [5.41, 5.74) is 6.04. The van der Waals surface area contributed by atoms with Gasteiger partial charge in [-0.25, -0.2) is 0 Å². The predicted molar refractivity (Wildman–Crippen MR) is 92.3 cm³/mol. The van der Waals surface area contributed by atoms with Gasteiger partial charge < -0.3 is 0 Å². The van der Waals surface area contributed by atoms with E-state index in [-0.39, 0.29) is 0 Å². The van der Waals surface area contributed by atoms with Gasteiger partial charge in [-0.15, -0.1) is 0 Å². The maximum Gasteiger partial charge on any atom is 0.143 e. The van der Waals surface area contributed by atoms with E-state index in [1.165, 1.54) is 31.3 Å². The molecule has 21 heavy (non-hydrogen) atoms. The second-order valence-electron chi connectivity index (χ2n) is 6.92. The Labute approximate surface area is 130 Å². The lowest BCUT2D eigenvalue weighted by Gasteiger charge is -2.34. The van der Waals surface area contributed by atoms with Crippen LogP contribution >= 0.6 is 0 Å². The number of allylic oxidation sites excluding steroid dienone is 8. The van der Waals surface area contributed by atoms with Crippen LogP contribution in [-0.2, 0) is 4.79 Å². The van der Waals surface area contributed by atoms with Crippen LogP contribution in [0.1, 0.15) is 66.7 Å². The zero-order valence-electron chi connectivity index (χ0n) is 14.3. The van der Waals surface area contributed by atoms with E-state index in [9.17, 15) is 4.79 Å². The summed E-state index contributed by atoms with van der Waals surface area (Å²) in [5.74, 6) is 0. The molecule has 0 radical (unpaired) electrons. The third kappa shape index (κ3) is 5.87. The molecule has 0 heterocycles. The van der Waals surface area contributed by atoms with Crippen molar-refractivity contribution in [3.05, 3.63) is 46.6 Å². The van der Waals surface area contributed by atoms with Gasteiger partial charge in [-0.1, -0.05) is 48.8 Å². The van der Waals surface area contributed by atoms with E-state index in [1.54, 1.807) is 17.2 Å². The van der Waals surface area contributed by atoms with Gasteiger partial charge in [0.1, 0.15) is 6.29 Å². The summed E-state index contributed by atoms with van der Waals surface area (Å²) < 4.78 is 0. The third-order valence-electron chi connectivity index (χ3n) is 4.53. The Morgan fingerprint density at radius 1 is 1.24 bits per heavy atom. The molecule has 0 amide bonds. The van der Waals surface area contributed by atoms with Gasteiger partial charge in [0, 0.05) is 0 Å². The molecule has 1 heteroatoms.